The van der Waals surface area contributed by atoms with Crippen LogP contribution in [0.25, 0.3) is 0 Å². The number of nitrogens with one attached hydrogen (secondary N) is 1. The number of hydrogen-bond acceptors (Lipinski definition) is 1. The first-order valence-electron chi connectivity index (χ1n) is 4.50. The second-order valence-corrected chi connectivity index (χ2v) is 2.96. The molecular formula is C12H12FNO. The molecule has 0 saturated carbocycles. The average Bonchev–Trinajstić information content (AvgIpc) is 2.23. The van der Waals surface area contributed by atoms with Crippen LogP contribution in [-0.2, 0) is 11.2 Å². The Balaban J connectivity index is 3.06. The molecule has 0 aliphatic carbocycles. The van der Waals surface area contributed by atoms with E-state index < -0.39 is 11.7 Å². The summed E-state index contributed by atoms with van der Waals surface area (Å²) in [5, 5.41) is 2.43. The molecule has 0 atom stereocenters. The van der Waals surface area contributed by atoms with Crippen LogP contribution >= 0.6 is 0 Å². The van der Waals surface area contributed by atoms with Crippen LogP contribution < -0.4 is 5.32 Å². The van der Waals surface area contributed by atoms with Crippen LogP contribution in [0.5, 0.6) is 0 Å². The van der Waals surface area contributed by atoms with Crippen molar-refractivity contribution in [3.63, 3.8) is 0 Å². The van der Waals surface area contributed by atoms with Crippen molar-refractivity contribution >= 4 is 11.6 Å². The van der Waals surface area contributed by atoms with E-state index in [2.05, 4.69) is 18.5 Å². The number of carbonyl (C=O) groups excluding carboxylic acids is 1. The molecule has 1 aromatic carbocycles. The van der Waals surface area contributed by atoms with E-state index in [1.165, 1.54) is 6.07 Å². The van der Waals surface area contributed by atoms with Crippen LogP contribution in [0.3, 0.4) is 0 Å². The Morgan fingerprint density at radius 3 is 2.80 bits per heavy atom. The Kier molecular flexibility index (Phi) is 3.80. The highest BCUT2D eigenvalue weighted by atomic mass is 19.1. The Bertz CT molecular complexity index is 399. The number of hydrogen-bond donors (Lipinski definition) is 1. The lowest BCUT2D eigenvalue weighted by molar-refractivity contribution is -0.111. The molecule has 15 heavy (non-hydrogen) atoms. The summed E-state index contributed by atoms with van der Waals surface area (Å²) in [6.07, 6.45) is 3.26. The summed E-state index contributed by atoms with van der Waals surface area (Å²) in [5.74, 6) is -0.880. The van der Waals surface area contributed by atoms with Gasteiger partial charge in [-0.25, -0.2) is 4.39 Å². The van der Waals surface area contributed by atoms with Crippen LogP contribution in [0.15, 0.2) is 43.5 Å². The van der Waals surface area contributed by atoms with Crippen molar-refractivity contribution in [3.05, 3.63) is 54.9 Å². The van der Waals surface area contributed by atoms with Gasteiger partial charge in [-0.1, -0.05) is 24.8 Å². The van der Waals surface area contributed by atoms with Crippen molar-refractivity contribution in [3.8, 4) is 0 Å². The van der Waals surface area contributed by atoms with E-state index in [-0.39, 0.29) is 5.69 Å². The van der Waals surface area contributed by atoms with E-state index in [1.807, 2.05) is 0 Å². The second-order valence-electron chi connectivity index (χ2n) is 2.96. The highest BCUT2D eigenvalue weighted by Crippen LogP contribution is 2.20. The largest absolute Gasteiger partial charge is 0.320 e. The van der Waals surface area contributed by atoms with Crippen LogP contribution in [0, 0.1) is 5.82 Å². The summed E-state index contributed by atoms with van der Waals surface area (Å²) in [6, 6.07) is 4.63. The van der Waals surface area contributed by atoms with Gasteiger partial charge in [0.25, 0.3) is 0 Å². The van der Waals surface area contributed by atoms with Crippen molar-refractivity contribution < 1.29 is 9.18 Å². The molecule has 0 radical (unpaired) electrons. The monoisotopic (exact) mass is 205 g/mol. The smallest absolute Gasteiger partial charge is 0.247 e. The molecular weight excluding hydrogens is 193 g/mol. The third kappa shape index (κ3) is 2.77. The predicted molar refractivity (Wildman–Crippen MR) is 59.1 cm³/mol. The summed E-state index contributed by atoms with van der Waals surface area (Å²) in [6.45, 7) is 6.88. The topological polar surface area (TPSA) is 29.1 Å². The van der Waals surface area contributed by atoms with Gasteiger partial charge in [0.1, 0.15) is 5.82 Å². The van der Waals surface area contributed by atoms with E-state index in [0.29, 0.717) is 12.0 Å². The summed E-state index contributed by atoms with van der Waals surface area (Å²) in [4.78, 5) is 11.1. The first-order chi connectivity index (χ1) is 7.19. The standard InChI is InChI=1S/C12H12FNO/c1-3-6-9-7-5-8-10(13)12(9)14-11(15)4-2/h3-5,7-8H,1-2,6H2,(H,14,15). The molecule has 0 aliphatic rings. The Labute approximate surface area is 88.1 Å². The lowest BCUT2D eigenvalue weighted by atomic mass is 10.1. The highest BCUT2D eigenvalue weighted by Gasteiger charge is 2.08. The Morgan fingerprint density at radius 2 is 2.20 bits per heavy atom. The predicted octanol–water partition coefficient (Wildman–Crippen LogP) is 2.68. The van der Waals surface area contributed by atoms with E-state index in [0.717, 1.165) is 6.08 Å². The highest BCUT2D eigenvalue weighted by molar-refractivity contribution is 5.99. The zero-order chi connectivity index (χ0) is 11.3. The quantitative estimate of drug-likeness (QED) is 0.594. The van der Waals surface area contributed by atoms with Crippen molar-refractivity contribution in [2.24, 2.45) is 0 Å². The number of anilines is 1. The molecule has 1 rings (SSSR count). The maximum atomic E-state index is 13.4. The van der Waals surface area contributed by atoms with Crippen molar-refractivity contribution in [2.45, 2.75) is 6.42 Å². The number of para-hydroxylation sites is 1. The first kappa shape index (κ1) is 11.2. The Hall–Kier alpha value is -1.90. The van der Waals surface area contributed by atoms with Gasteiger partial charge >= 0.3 is 0 Å². The van der Waals surface area contributed by atoms with Crippen molar-refractivity contribution in [2.75, 3.05) is 5.32 Å². The number of rotatable bonds is 4. The number of benzene rings is 1. The molecule has 0 aromatic heterocycles. The molecule has 0 bridgehead atoms. The van der Waals surface area contributed by atoms with Gasteiger partial charge < -0.3 is 5.32 Å². The minimum atomic E-state index is -0.454. The summed E-state index contributed by atoms with van der Waals surface area (Å²) in [7, 11) is 0. The number of halogens is 1. The van der Waals surface area contributed by atoms with Crippen LogP contribution in [0.1, 0.15) is 5.56 Å². The minimum Gasteiger partial charge on any atom is -0.320 e. The molecule has 0 saturated heterocycles. The van der Waals surface area contributed by atoms with Crippen molar-refractivity contribution in [1.82, 2.24) is 0 Å². The fourth-order valence-electron chi connectivity index (χ4n) is 1.21. The van der Waals surface area contributed by atoms with Crippen LogP contribution in [0.2, 0.25) is 0 Å². The van der Waals surface area contributed by atoms with E-state index in [9.17, 15) is 9.18 Å². The van der Waals surface area contributed by atoms with Crippen LogP contribution in [0.4, 0.5) is 10.1 Å². The third-order valence-corrected chi connectivity index (χ3v) is 1.90. The molecule has 3 heteroatoms. The molecule has 78 valence electrons. The number of carbonyl (C=O) groups is 1. The lowest BCUT2D eigenvalue weighted by Gasteiger charge is -2.09. The van der Waals surface area contributed by atoms with Gasteiger partial charge in [-0.15, -0.1) is 6.58 Å². The van der Waals surface area contributed by atoms with Gasteiger partial charge in [0, 0.05) is 0 Å². The van der Waals surface area contributed by atoms with Gasteiger partial charge in [-0.2, -0.15) is 0 Å². The zero-order valence-corrected chi connectivity index (χ0v) is 8.29. The fraction of sp³-hybridized carbons (Fsp3) is 0.0833. The van der Waals surface area contributed by atoms with Gasteiger partial charge in [0.05, 0.1) is 5.69 Å². The summed E-state index contributed by atoms with van der Waals surface area (Å²) >= 11 is 0. The third-order valence-electron chi connectivity index (χ3n) is 1.90. The molecule has 0 unspecified atom stereocenters. The molecule has 0 spiro atoms. The molecule has 0 heterocycles. The normalized spacial score (nSPS) is 9.40. The van der Waals surface area contributed by atoms with Gasteiger partial charge in [0.15, 0.2) is 0 Å². The second kappa shape index (κ2) is 5.10. The molecule has 1 aromatic rings. The van der Waals surface area contributed by atoms with Crippen molar-refractivity contribution in [1.29, 1.82) is 0 Å². The Morgan fingerprint density at radius 1 is 1.47 bits per heavy atom. The molecule has 0 aliphatic heterocycles. The summed E-state index contributed by atoms with van der Waals surface area (Å²) in [5.41, 5.74) is 0.891. The maximum Gasteiger partial charge on any atom is 0.247 e. The van der Waals surface area contributed by atoms with Gasteiger partial charge in [-0.3, -0.25) is 4.79 Å². The maximum absolute atomic E-state index is 13.4. The molecule has 1 N–H and O–H groups in total. The van der Waals surface area contributed by atoms with Gasteiger partial charge in [-0.05, 0) is 24.1 Å². The van der Waals surface area contributed by atoms with E-state index in [1.54, 1.807) is 18.2 Å². The first-order valence-corrected chi connectivity index (χ1v) is 4.50. The molecule has 1 amide bonds. The van der Waals surface area contributed by atoms with E-state index in [4.69, 9.17) is 0 Å². The van der Waals surface area contributed by atoms with Gasteiger partial charge in [0.2, 0.25) is 5.91 Å². The molecule has 0 fully saturated rings. The average molecular weight is 205 g/mol. The number of allylic oxidation sites excluding steroid dienone is 1. The fourth-order valence-corrected chi connectivity index (χ4v) is 1.21. The molecule has 2 nitrogen and oxygen atoms in total. The number of amides is 1. The minimum absolute atomic E-state index is 0.197. The zero-order valence-electron chi connectivity index (χ0n) is 8.29. The lowest BCUT2D eigenvalue weighted by Crippen LogP contribution is -2.11. The van der Waals surface area contributed by atoms with Crippen LogP contribution in [-0.4, -0.2) is 5.91 Å². The van der Waals surface area contributed by atoms with E-state index >= 15 is 0 Å². The summed E-state index contributed by atoms with van der Waals surface area (Å²) < 4.78 is 13.4. The SMILES string of the molecule is C=CCc1cccc(F)c1NC(=O)C=C.